The zero-order chi connectivity index (χ0) is 18.6. The summed E-state index contributed by atoms with van der Waals surface area (Å²) in [6.45, 7) is 9.65. The van der Waals surface area contributed by atoms with Crippen LogP contribution in [0.1, 0.15) is 24.0 Å². The van der Waals surface area contributed by atoms with Crippen molar-refractivity contribution in [3.63, 3.8) is 0 Å². The van der Waals surface area contributed by atoms with Gasteiger partial charge in [-0.3, -0.25) is 4.90 Å². The summed E-state index contributed by atoms with van der Waals surface area (Å²) >= 11 is 0. The Hall–Kier alpha value is -0.990. The van der Waals surface area contributed by atoms with E-state index in [-0.39, 0.29) is 6.04 Å². The van der Waals surface area contributed by atoms with Crippen molar-refractivity contribution in [2.45, 2.75) is 37.6 Å². The van der Waals surface area contributed by atoms with Crippen molar-refractivity contribution < 1.29 is 17.9 Å². The summed E-state index contributed by atoms with van der Waals surface area (Å²) in [5, 5.41) is 0. The summed E-state index contributed by atoms with van der Waals surface area (Å²) in [6.07, 6.45) is 1.51. The molecule has 0 bridgehead atoms. The summed E-state index contributed by atoms with van der Waals surface area (Å²) in [4.78, 5) is 2.68. The lowest BCUT2D eigenvalue weighted by Gasteiger charge is -2.35. The van der Waals surface area contributed by atoms with Crippen LogP contribution in [0.5, 0.6) is 0 Å². The van der Waals surface area contributed by atoms with Gasteiger partial charge in [-0.05, 0) is 49.9 Å². The van der Waals surface area contributed by atoms with Gasteiger partial charge in [0.2, 0.25) is 10.0 Å². The van der Waals surface area contributed by atoms with Gasteiger partial charge in [0.1, 0.15) is 0 Å². The molecule has 1 aromatic rings. The fraction of sp³-hybridized carbons (Fsp3) is 0.684. The van der Waals surface area contributed by atoms with Crippen LogP contribution in [0.4, 0.5) is 0 Å². The van der Waals surface area contributed by atoms with Crippen molar-refractivity contribution in [2.75, 3.05) is 52.6 Å². The summed E-state index contributed by atoms with van der Waals surface area (Å²) < 4.78 is 39.4. The second-order valence-electron chi connectivity index (χ2n) is 7.16. The number of aryl methyl sites for hydroxylation is 2. The predicted octanol–water partition coefficient (Wildman–Crippen LogP) is 1.81. The molecule has 2 aliphatic heterocycles. The van der Waals surface area contributed by atoms with E-state index in [2.05, 4.69) is 4.90 Å². The molecule has 0 radical (unpaired) electrons. The number of morpholine rings is 1. The maximum absolute atomic E-state index is 13.4. The molecule has 0 N–H and O–H groups in total. The molecule has 146 valence electrons. The molecule has 0 aromatic heterocycles. The van der Waals surface area contributed by atoms with E-state index >= 15 is 0 Å². The number of benzene rings is 1. The second-order valence-corrected chi connectivity index (χ2v) is 9.05. The highest BCUT2D eigenvalue weighted by Gasteiger charge is 2.33. The fourth-order valence-electron chi connectivity index (χ4n) is 3.55. The minimum absolute atomic E-state index is 0.0106. The van der Waals surface area contributed by atoms with Crippen LogP contribution >= 0.6 is 0 Å². The smallest absolute Gasteiger partial charge is 0.243 e. The van der Waals surface area contributed by atoms with E-state index in [4.69, 9.17) is 9.47 Å². The van der Waals surface area contributed by atoms with Gasteiger partial charge in [0.05, 0.1) is 18.1 Å². The van der Waals surface area contributed by atoms with Crippen LogP contribution in [0.2, 0.25) is 0 Å². The van der Waals surface area contributed by atoms with Crippen molar-refractivity contribution in [1.82, 2.24) is 9.21 Å². The number of hydrogen-bond acceptors (Lipinski definition) is 5. The molecule has 2 saturated heterocycles. The van der Waals surface area contributed by atoms with Crippen molar-refractivity contribution in [2.24, 2.45) is 0 Å². The third-order valence-corrected chi connectivity index (χ3v) is 7.37. The largest absolute Gasteiger partial charge is 0.381 e. The molecule has 0 spiro atoms. The summed E-state index contributed by atoms with van der Waals surface area (Å²) in [5.41, 5.74) is 2.11. The number of ether oxygens (including phenoxy) is 2. The first-order chi connectivity index (χ1) is 12.5. The molecule has 7 heteroatoms. The van der Waals surface area contributed by atoms with E-state index in [1.165, 1.54) is 0 Å². The van der Waals surface area contributed by atoms with Gasteiger partial charge in [-0.2, -0.15) is 4.31 Å². The predicted molar refractivity (Wildman–Crippen MR) is 101 cm³/mol. The topological polar surface area (TPSA) is 59.1 Å². The standard InChI is InChI=1S/C19H30N2O4S/c1-16-3-4-19(15-17(16)2)26(22,23)21(18-5-11-24-12-6-18)8-7-20-9-13-25-14-10-20/h3-4,15,18H,5-14H2,1-2H3. The van der Waals surface area contributed by atoms with Gasteiger partial charge in [0, 0.05) is 45.4 Å². The van der Waals surface area contributed by atoms with Gasteiger partial charge in [0.25, 0.3) is 0 Å². The third kappa shape index (κ3) is 4.64. The zero-order valence-corrected chi connectivity index (χ0v) is 16.6. The quantitative estimate of drug-likeness (QED) is 0.751. The van der Waals surface area contributed by atoms with Crippen molar-refractivity contribution in [3.8, 4) is 0 Å². The first-order valence-corrected chi connectivity index (χ1v) is 10.9. The molecule has 3 rings (SSSR count). The van der Waals surface area contributed by atoms with Crippen LogP contribution in [0.3, 0.4) is 0 Å². The lowest BCUT2D eigenvalue weighted by molar-refractivity contribution is 0.0291. The first-order valence-electron chi connectivity index (χ1n) is 9.45. The van der Waals surface area contributed by atoms with Gasteiger partial charge in [0.15, 0.2) is 0 Å². The normalized spacial score (nSPS) is 20.6. The summed E-state index contributed by atoms with van der Waals surface area (Å²) in [5.74, 6) is 0. The van der Waals surface area contributed by atoms with Gasteiger partial charge in [-0.25, -0.2) is 8.42 Å². The monoisotopic (exact) mass is 382 g/mol. The number of nitrogens with zero attached hydrogens (tertiary/aromatic N) is 2. The lowest BCUT2D eigenvalue weighted by Crippen LogP contribution is -2.48. The van der Waals surface area contributed by atoms with Crippen LogP contribution in [0.25, 0.3) is 0 Å². The minimum atomic E-state index is -3.52. The Balaban J connectivity index is 1.81. The van der Waals surface area contributed by atoms with Crippen LogP contribution in [-0.4, -0.2) is 76.3 Å². The van der Waals surface area contributed by atoms with Crippen LogP contribution in [0, 0.1) is 13.8 Å². The van der Waals surface area contributed by atoms with E-state index in [1.54, 1.807) is 16.4 Å². The molecular weight excluding hydrogens is 352 g/mol. The van der Waals surface area contributed by atoms with Gasteiger partial charge < -0.3 is 9.47 Å². The Morgan fingerprint density at radius 1 is 1.04 bits per heavy atom. The minimum Gasteiger partial charge on any atom is -0.381 e. The van der Waals surface area contributed by atoms with E-state index < -0.39 is 10.0 Å². The van der Waals surface area contributed by atoms with Gasteiger partial charge >= 0.3 is 0 Å². The van der Waals surface area contributed by atoms with E-state index in [9.17, 15) is 8.42 Å². The Morgan fingerprint density at radius 3 is 2.35 bits per heavy atom. The summed E-state index contributed by atoms with van der Waals surface area (Å²) in [6, 6.07) is 5.44. The Kier molecular flexibility index (Phi) is 6.69. The number of rotatable bonds is 6. The second kappa shape index (κ2) is 8.80. The number of sulfonamides is 1. The van der Waals surface area contributed by atoms with Crippen molar-refractivity contribution >= 4 is 10.0 Å². The molecule has 1 aromatic carbocycles. The van der Waals surface area contributed by atoms with E-state index in [0.717, 1.165) is 56.8 Å². The fourth-order valence-corrected chi connectivity index (χ4v) is 5.31. The highest BCUT2D eigenvalue weighted by atomic mass is 32.2. The van der Waals surface area contributed by atoms with Gasteiger partial charge in [-0.1, -0.05) is 6.07 Å². The average molecular weight is 383 g/mol. The summed E-state index contributed by atoms with van der Waals surface area (Å²) in [7, 11) is -3.52. The number of hydrogen-bond donors (Lipinski definition) is 0. The third-order valence-electron chi connectivity index (χ3n) is 5.42. The maximum atomic E-state index is 13.4. The molecule has 6 nitrogen and oxygen atoms in total. The molecular formula is C19H30N2O4S. The highest BCUT2D eigenvalue weighted by Crippen LogP contribution is 2.25. The highest BCUT2D eigenvalue weighted by molar-refractivity contribution is 7.89. The molecule has 0 unspecified atom stereocenters. The van der Waals surface area contributed by atoms with Crippen LogP contribution in [-0.2, 0) is 19.5 Å². The lowest BCUT2D eigenvalue weighted by atomic mass is 10.1. The van der Waals surface area contributed by atoms with Crippen molar-refractivity contribution in [3.05, 3.63) is 29.3 Å². The Labute approximate surface area is 157 Å². The molecule has 0 amide bonds. The first kappa shape index (κ1) is 19.8. The van der Waals surface area contributed by atoms with Crippen LogP contribution < -0.4 is 0 Å². The average Bonchev–Trinajstić information content (AvgIpc) is 2.65. The molecule has 0 atom stereocenters. The molecule has 26 heavy (non-hydrogen) atoms. The van der Waals surface area contributed by atoms with Crippen molar-refractivity contribution in [1.29, 1.82) is 0 Å². The van der Waals surface area contributed by atoms with E-state index in [0.29, 0.717) is 24.7 Å². The molecule has 2 fully saturated rings. The zero-order valence-electron chi connectivity index (χ0n) is 15.8. The maximum Gasteiger partial charge on any atom is 0.243 e. The molecule has 2 aliphatic rings. The molecule has 2 heterocycles. The van der Waals surface area contributed by atoms with Crippen LogP contribution in [0.15, 0.2) is 23.1 Å². The molecule has 0 aliphatic carbocycles. The SMILES string of the molecule is Cc1ccc(S(=O)(=O)N(CCN2CCOCC2)C2CCOCC2)cc1C. The molecule has 0 saturated carbocycles. The van der Waals surface area contributed by atoms with Gasteiger partial charge in [-0.15, -0.1) is 0 Å². The Morgan fingerprint density at radius 2 is 1.69 bits per heavy atom. The van der Waals surface area contributed by atoms with E-state index in [1.807, 2.05) is 19.9 Å². The Bertz CT molecular complexity index is 695.